The Hall–Kier alpha value is -1.84. The van der Waals surface area contributed by atoms with Crippen LogP contribution in [0.1, 0.15) is 17.8 Å². The van der Waals surface area contributed by atoms with Crippen molar-refractivity contribution in [3.8, 4) is 0 Å². The molecule has 0 amide bonds. The zero-order chi connectivity index (χ0) is 14.9. The number of hydrogen-bond acceptors (Lipinski definition) is 3. The van der Waals surface area contributed by atoms with Crippen LogP contribution in [-0.4, -0.2) is 19.6 Å². The van der Waals surface area contributed by atoms with E-state index in [9.17, 15) is 22.0 Å². The van der Waals surface area contributed by atoms with Gasteiger partial charge in [0.2, 0.25) is 0 Å². The van der Waals surface area contributed by atoms with E-state index in [0.717, 1.165) is 17.1 Å². The van der Waals surface area contributed by atoms with Gasteiger partial charge in [-0.2, -0.15) is 32.1 Å². The average molecular weight is 332 g/mol. The highest BCUT2D eigenvalue weighted by Crippen LogP contribution is 2.31. The van der Waals surface area contributed by atoms with Crippen molar-refractivity contribution in [1.29, 1.82) is 0 Å². The highest BCUT2D eigenvalue weighted by molar-refractivity contribution is 5.85. The van der Waals surface area contributed by atoms with Crippen LogP contribution >= 0.6 is 12.4 Å². The lowest BCUT2D eigenvalue weighted by Gasteiger charge is -2.10. The molecule has 0 aliphatic carbocycles. The maximum atomic E-state index is 12.8. The zero-order valence-corrected chi connectivity index (χ0v) is 11.4. The second-order valence-corrected chi connectivity index (χ2v) is 3.95. The summed E-state index contributed by atoms with van der Waals surface area (Å²) in [4.78, 5) is 0. The second kappa shape index (κ2) is 6.29. The van der Waals surface area contributed by atoms with Gasteiger partial charge in [-0.05, 0) is 0 Å². The van der Waals surface area contributed by atoms with E-state index in [-0.39, 0.29) is 30.3 Å². The van der Waals surface area contributed by atoms with Crippen molar-refractivity contribution in [2.45, 2.75) is 19.3 Å². The lowest BCUT2D eigenvalue weighted by Crippen LogP contribution is -2.15. The van der Waals surface area contributed by atoms with E-state index in [1.165, 1.54) is 13.1 Å². The van der Waals surface area contributed by atoms with Crippen molar-refractivity contribution in [3.05, 3.63) is 29.7 Å². The number of nitrogens with one attached hydrogen (secondary N) is 1. The fraction of sp³-hybridized carbons (Fsp3) is 0.400. The maximum absolute atomic E-state index is 12.8. The van der Waals surface area contributed by atoms with Gasteiger partial charge in [0, 0.05) is 31.4 Å². The molecule has 0 aromatic carbocycles. The van der Waals surface area contributed by atoms with Gasteiger partial charge in [0.1, 0.15) is 11.5 Å². The van der Waals surface area contributed by atoms with Crippen LogP contribution in [0.4, 0.5) is 27.8 Å². The van der Waals surface area contributed by atoms with Crippen LogP contribution in [-0.2, 0) is 19.8 Å². The number of anilines is 1. The molecule has 2 rings (SSSR count). The molecule has 118 valence electrons. The molecule has 0 fully saturated rings. The van der Waals surface area contributed by atoms with Gasteiger partial charge in [-0.3, -0.25) is 4.68 Å². The largest absolute Gasteiger partial charge is 0.433 e. The minimum Gasteiger partial charge on any atom is -0.364 e. The lowest BCUT2D eigenvalue weighted by atomic mass is 10.2. The minimum atomic E-state index is -4.54. The molecule has 0 spiro atoms. The van der Waals surface area contributed by atoms with Gasteiger partial charge < -0.3 is 5.32 Å². The first kappa shape index (κ1) is 17.2. The molecule has 0 aliphatic heterocycles. The Labute approximate surface area is 122 Å². The number of alkyl halides is 5. The van der Waals surface area contributed by atoms with Gasteiger partial charge >= 0.3 is 12.7 Å². The van der Waals surface area contributed by atoms with Gasteiger partial charge in [-0.15, -0.1) is 12.4 Å². The number of nitrogens with zero attached hydrogens (tertiary/aromatic N) is 4. The SMILES string of the molecule is Cl.Cn1ncc(CNc2ccn(C(F)F)n2)c1C(F)(F)F. The number of rotatable bonds is 4. The Kier molecular flexibility index (Phi) is 5.15. The third-order valence-electron chi connectivity index (χ3n) is 2.55. The predicted molar refractivity (Wildman–Crippen MR) is 66.3 cm³/mol. The molecule has 2 heterocycles. The van der Waals surface area contributed by atoms with E-state index in [2.05, 4.69) is 15.5 Å². The Bertz CT molecular complexity index is 591. The molecular weight excluding hydrogens is 321 g/mol. The first-order valence-electron chi connectivity index (χ1n) is 5.44. The summed E-state index contributed by atoms with van der Waals surface area (Å²) in [7, 11) is 1.18. The van der Waals surface area contributed by atoms with Crippen molar-refractivity contribution in [1.82, 2.24) is 19.6 Å². The summed E-state index contributed by atoms with van der Waals surface area (Å²) in [6, 6.07) is 1.25. The van der Waals surface area contributed by atoms with Gasteiger partial charge in [0.15, 0.2) is 0 Å². The summed E-state index contributed by atoms with van der Waals surface area (Å²) in [6.45, 7) is -3.02. The predicted octanol–water partition coefficient (Wildman–Crippen LogP) is 3.06. The van der Waals surface area contributed by atoms with Crippen molar-refractivity contribution in [3.63, 3.8) is 0 Å². The fourth-order valence-electron chi connectivity index (χ4n) is 1.70. The topological polar surface area (TPSA) is 47.7 Å². The molecule has 11 heteroatoms. The van der Waals surface area contributed by atoms with Gasteiger partial charge in [-0.25, -0.2) is 4.68 Å². The summed E-state index contributed by atoms with van der Waals surface area (Å²) >= 11 is 0. The van der Waals surface area contributed by atoms with E-state index in [1.54, 1.807) is 0 Å². The molecule has 0 saturated carbocycles. The van der Waals surface area contributed by atoms with Crippen molar-refractivity contribution < 1.29 is 22.0 Å². The molecule has 0 radical (unpaired) electrons. The first-order chi connectivity index (χ1) is 9.29. The summed E-state index contributed by atoms with van der Waals surface area (Å²) in [5.41, 5.74) is -0.982. The normalized spacial score (nSPS) is 11.6. The Morgan fingerprint density at radius 3 is 2.52 bits per heavy atom. The molecule has 2 aromatic rings. The van der Waals surface area contributed by atoms with Crippen LogP contribution in [0.25, 0.3) is 0 Å². The summed E-state index contributed by atoms with van der Waals surface area (Å²) in [6.07, 6.45) is -2.44. The second-order valence-electron chi connectivity index (χ2n) is 3.95. The van der Waals surface area contributed by atoms with Crippen molar-refractivity contribution in [2.24, 2.45) is 7.05 Å². The molecule has 0 saturated heterocycles. The molecule has 21 heavy (non-hydrogen) atoms. The monoisotopic (exact) mass is 331 g/mol. The molecular formula is C10H11ClF5N5. The summed E-state index contributed by atoms with van der Waals surface area (Å²) < 4.78 is 64.0. The number of halogens is 6. The molecule has 2 aromatic heterocycles. The average Bonchev–Trinajstić information content (AvgIpc) is 2.91. The first-order valence-corrected chi connectivity index (χ1v) is 5.44. The van der Waals surface area contributed by atoms with Crippen molar-refractivity contribution in [2.75, 3.05) is 5.32 Å². The molecule has 0 atom stereocenters. The Balaban J connectivity index is 0.00000220. The lowest BCUT2D eigenvalue weighted by molar-refractivity contribution is -0.144. The van der Waals surface area contributed by atoms with E-state index in [0.29, 0.717) is 4.68 Å². The quantitative estimate of drug-likeness (QED) is 0.876. The minimum absolute atomic E-state index is 0. The third kappa shape index (κ3) is 3.84. The molecule has 0 unspecified atom stereocenters. The highest BCUT2D eigenvalue weighted by atomic mass is 35.5. The van der Waals surface area contributed by atoms with Crippen LogP contribution < -0.4 is 5.32 Å². The smallest absolute Gasteiger partial charge is 0.364 e. The molecule has 5 nitrogen and oxygen atoms in total. The van der Waals surface area contributed by atoms with Gasteiger partial charge in [-0.1, -0.05) is 0 Å². The van der Waals surface area contributed by atoms with Crippen molar-refractivity contribution >= 4 is 18.2 Å². The third-order valence-corrected chi connectivity index (χ3v) is 2.55. The standard InChI is InChI=1S/C10H10F5N5.ClH/c1-19-8(10(13,14)15)6(5-17-19)4-16-7-2-3-20(18-7)9(11)12;/h2-3,5,9H,4H2,1H3,(H,16,18);1H. The number of aromatic nitrogens is 4. The van der Waals surface area contributed by atoms with Crippen LogP contribution in [0.3, 0.4) is 0 Å². The van der Waals surface area contributed by atoms with Crippen LogP contribution in [0, 0.1) is 0 Å². The molecule has 1 N–H and O–H groups in total. The summed E-state index contributed by atoms with van der Waals surface area (Å²) in [5, 5.41) is 9.55. The summed E-state index contributed by atoms with van der Waals surface area (Å²) in [5.74, 6) is 0.0577. The molecule has 0 bridgehead atoms. The van der Waals surface area contributed by atoms with E-state index in [1.807, 2.05) is 0 Å². The zero-order valence-electron chi connectivity index (χ0n) is 10.6. The van der Waals surface area contributed by atoms with E-state index < -0.39 is 18.4 Å². The highest BCUT2D eigenvalue weighted by Gasteiger charge is 2.37. The Morgan fingerprint density at radius 1 is 1.33 bits per heavy atom. The van der Waals surface area contributed by atoms with E-state index >= 15 is 0 Å². The number of aryl methyl sites for hydroxylation is 1. The number of hydrogen-bond donors (Lipinski definition) is 1. The van der Waals surface area contributed by atoms with Crippen LogP contribution in [0.15, 0.2) is 18.5 Å². The van der Waals surface area contributed by atoms with Crippen LogP contribution in [0.5, 0.6) is 0 Å². The van der Waals surface area contributed by atoms with Crippen LogP contribution in [0.2, 0.25) is 0 Å². The van der Waals surface area contributed by atoms with Gasteiger partial charge in [0.05, 0.1) is 6.20 Å². The Morgan fingerprint density at radius 2 is 2.00 bits per heavy atom. The van der Waals surface area contributed by atoms with E-state index in [4.69, 9.17) is 0 Å². The fourth-order valence-corrected chi connectivity index (χ4v) is 1.70. The maximum Gasteiger partial charge on any atom is 0.433 e. The van der Waals surface area contributed by atoms with Gasteiger partial charge in [0.25, 0.3) is 0 Å². The molecule has 0 aliphatic rings.